The van der Waals surface area contributed by atoms with Gasteiger partial charge in [0.2, 0.25) is 0 Å². The van der Waals surface area contributed by atoms with Crippen molar-refractivity contribution in [3.05, 3.63) is 33.2 Å². The van der Waals surface area contributed by atoms with E-state index in [0.717, 1.165) is 16.3 Å². The van der Waals surface area contributed by atoms with Crippen molar-refractivity contribution < 1.29 is 0 Å². The summed E-state index contributed by atoms with van der Waals surface area (Å²) in [5, 5.41) is 1.97. The first kappa shape index (κ1) is 14.2. The molecule has 19 heavy (non-hydrogen) atoms. The first-order valence-corrected chi connectivity index (χ1v) is 7.45. The molecule has 0 aliphatic heterocycles. The Hall–Kier alpha value is -1.20. The monoisotopic (exact) mass is 279 g/mol. The topological polar surface area (TPSA) is 37.6 Å². The maximum Gasteiger partial charge on any atom is 0.259 e. The van der Waals surface area contributed by atoms with Crippen LogP contribution in [0, 0.1) is 12.8 Å². The normalized spacial score (nSPS) is 13.6. The Morgan fingerprint density at radius 3 is 2.74 bits per heavy atom. The minimum Gasteiger partial charge on any atom is -0.298 e. The number of thiazole rings is 1. The maximum atomic E-state index is 12.1. The lowest BCUT2D eigenvalue weighted by Crippen LogP contribution is -2.33. The largest absolute Gasteiger partial charge is 0.298 e. The highest BCUT2D eigenvalue weighted by Crippen LogP contribution is 2.14. The lowest BCUT2D eigenvalue weighted by Gasteiger charge is -2.27. The molecule has 0 aliphatic carbocycles. The van der Waals surface area contributed by atoms with Crippen molar-refractivity contribution in [3.8, 4) is 0 Å². The highest BCUT2D eigenvalue weighted by Gasteiger charge is 2.15. The van der Waals surface area contributed by atoms with Crippen molar-refractivity contribution in [1.29, 1.82) is 0 Å². The molecular formula is C14H21N3OS. The van der Waals surface area contributed by atoms with Gasteiger partial charge in [-0.05, 0) is 26.8 Å². The van der Waals surface area contributed by atoms with Gasteiger partial charge >= 0.3 is 0 Å². The quantitative estimate of drug-likeness (QED) is 0.863. The molecule has 0 radical (unpaired) electrons. The molecule has 0 saturated carbocycles. The summed E-state index contributed by atoms with van der Waals surface area (Å²) in [5.74, 6) is 0.582. The second-order valence-electron chi connectivity index (χ2n) is 5.48. The highest BCUT2D eigenvalue weighted by molar-refractivity contribution is 7.15. The van der Waals surface area contributed by atoms with E-state index < -0.39 is 0 Å². The van der Waals surface area contributed by atoms with Gasteiger partial charge in [-0.1, -0.05) is 13.8 Å². The van der Waals surface area contributed by atoms with Crippen LogP contribution in [0.5, 0.6) is 0 Å². The molecule has 104 valence electrons. The van der Waals surface area contributed by atoms with E-state index in [4.69, 9.17) is 0 Å². The Morgan fingerprint density at radius 1 is 1.42 bits per heavy atom. The van der Waals surface area contributed by atoms with Crippen molar-refractivity contribution in [1.82, 2.24) is 14.3 Å². The van der Waals surface area contributed by atoms with Crippen LogP contribution < -0.4 is 5.56 Å². The number of rotatable bonds is 4. The summed E-state index contributed by atoms with van der Waals surface area (Å²) < 4.78 is 1.67. The van der Waals surface area contributed by atoms with Crippen molar-refractivity contribution in [2.75, 3.05) is 7.05 Å². The molecule has 1 atom stereocenters. The lowest BCUT2D eigenvalue weighted by atomic mass is 10.1. The standard InChI is InChI=1S/C14H21N3OS/c1-9(2)11(4)16(5)7-12-6-13(18)17-10(3)8-19-14(17)15-12/h6,8-9,11H,7H2,1-5H3/t11-/m0/s1. The van der Waals surface area contributed by atoms with E-state index in [1.165, 1.54) is 11.3 Å². The van der Waals surface area contributed by atoms with Crippen LogP contribution >= 0.6 is 11.3 Å². The molecule has 5 heteroatoms. The second-order valence-corrected chi connectivity index (χ2v) is 6.32. The summed E-state index contributed by atoms with van der Waals surface area (Å²) in [6.45, 7) is 9.25. The van der Waals surface area contributed by atoms with Crippen molar-refractivity contribution in [2.45, 2.75) is 40.3 Å². The third kappa shape index (κ3) is 2.87. The van der Waals surface area contributed by atoms with Gasteiger partial charge in [-0.25, -0.2) is 4.98 Å². The van der Waals surface area contributed by atoms with Gasteiger partial charge in [0.25, 0.3) is 5.56 Å². The Balaban J connectivity index is 2.29. The van der Waals surface area contributed by atoms with Crippen molar-refractivity contribution in [3.63, 3.8) is 0 Å². The first-order valence-electron chi connectivity index (χ1n) is 6.57. The summed E-state index contributed by atoms with van der Waals surface area (Å²) in [6, 6.07) is 2.11. The van der Waals surface area contributed by atoms with Gasteiger partial charge in [-0.3, -0.25) is 14.1 Å². The molecule has 0 fully saturated rings. The van der Waals surface area contributed by atoms with Gasteiger partial charge in [0.05, 0.1) is 5.69 Å². The molecule has 0 N–H and O–H groups in total. The molecular weight excluding hydrogens is 258 g/mol. The zero-order valence-corrected chi connectivity index (χ0v) is 13.0. The van der Waals surface area contributed by atoms with Gasteiger partial charge < -0.3 is 0 Å². The summed E-state index contributed by atoms with van der Waals surface area (Å²) in [5.41, 5.74) is 1.82. The molecule has 0 saturated heterocycles. The van der Waals surface area contributed by atoms with Crippen molar-refractivity contribution >= 4 is 16.3 Å². The highest BCUT2D eigenvalue weighted by atomic mass is 32.1. The van der Waals surface area contributed by atoms with E-state index in [-0.39, 0.29) is 5.56 Å². The molecule has 0 aromatic carbocycles. The van der Waals surface area contributed by atoms with E-state index in [1.54, 1.807) is 10.5 Å². The molecule has 0 bridgehead atoms. The predicted octanol–water partition coefficient (Wildman–Crippen LogP) is 2.54. The molecule has 2 rings (SSSR count). The molecule has 0 aliphatic rings. The van der Waals surface area contributed by atoms with Crippen LogP contribution in [0.1, 0.15) is 32.2 Å². The van der Waals surface area contributed by atoms with Gasteiger partial charge in [-0.2, -0.15) is 0 Å². The number of hydrogen-bond acceptors (Lipinski definition) is 4. The molecule has 2 heterocycles. The smallest absolute Gasteiger partial charge is 0.259 e. The van der Waals surface area contributed by atoms with Gasteiger partial charge in [0.1, 0.15) is 0 Å². The third-order valence-electron chi connectivity index (χ3n) is 3.70. The Labute approximate surface area is 117 Å². The van der Waals surface area contributed by atoms with E-state index in [2.05, 4.69) is 37.7 Å². The Morgan fingerprint density at radius 2 is 2.11 bits per heavy atom. The number of hydrogen-bond donors (Lipinski definition) is 0. The molecule has 4 nitrogen and oxygen atoms in total. The maximum absolute atomic E-state index is 12.1. The lowest BCUT2D eigenvalue weighted by molar-refractivity contribution is 0.198. The summed E-state index contributed by atoms with van der Waals surface area (Å²) in [4.78, 5) is 19.7. The summed E-state index contributed by atoms with van der Waals surface area (Å²) in [7, 11) is 2.08. The van der Waals surface area contributed by atoms with Crippen LogP contribution in [0.15, 0.2) is 16.2 Å². The minimum atomic E-state index is 0.0179. The van der Waals surface area contributed by atoms with Crippen LogP contribution in [0.2, 0.25) is 0 Å². The number of nitrogens with zero attached hydrogens (tertiary/aromatic N) is 3. The fraction of sp³-hybridized carbons (Fsp3) is 0.571. The summed E-state index contributed by atoms with van der Waals surface area (Å²) >= 11 is 1.52. The molecule has 0 spiro atoms. The third-order valence-corrected chi connectivity index (χ3v) is 4.64. The van der Waals surface area contributed by atoms with E-state index in [1.807, 2.05) is 12.3 Å². The molecule has 2 aromatic rings. The first-order chi connectivity index (χ1) is 8.90. The van der Waals surface area contributed by atoms with Gasteiger partial charge in [0, 0.05) is 29.7 Å². The Kier molecular flexibility index (Phi) is 4.06. The minimum absolute atomic E-state index is 0.0179. The van der Waals surface area contributed by atoms with Crippen LogP contribution in [0.25, 0.3) is 4.96 Å². The fourth-order valence-corrected chi connectivity index (χ4v) is 2.98. The van der Waals surface area contributed by atoms with E-state index in [9.17, 15) is 4.79 Å². The molecule has 2 aromatic heterocycles. The molecule has 0 amide bonds. The predicted molar refractivity (Wildman–Crippen MR) is 79.8 cm³/mol. The average Bonchev–Trinajstić information content (AvgIpc) is 2.70. The second kappa shape index (κ2) is 5.43. The van der Waals surface area contributed by atoms with Crippen LogP contribution in [0.3, 0.4) is 0 Å². The zero-order chi connectivity index (χ0) is 14.2. The van der Waals surface area contributed by atoms with E-state index in [0.29, 0.717) is 18.5 Å². The van der Waals surface area contributed by atoms with Crippen LogP contribution in [-0.2, 0) is 6.54 Å². The van der Waals surface area contributed by atoms with Crippen LogP contribution in [0.4, 0.5) is 0 Å². The van der Waals surface area contributed by atoms with Gasteiger partial charge in [-0.15, -0.1) is 11.3 Å². The van der Waals surface area contributed by atoms with E-state index >= 15 is 0 Å². The van der Waals surface area contributed by atoms with Crippen LogP contribution in [-0.4, -0.2) is 27.4 Å². The number of aryl methyl sites for hydroxylation is 1. The SMILES string of the molecule is Cc1csc2nc(CN(C)[C@@H](C)C(C)C)cc(=O)n12. The molecule has 0 unspecified atom stereocenters. The Bertz CT molecular complexity index is 629. The van der Waals surface area contributed by atoms with Gasteiger partial charge in [0.15, 0.2) is 4.96 Å². The number of aromatic nitrogens is 2. The van der Waals surface area contributed by atoms with Crippen molar-refractivity contribution in [2.24, 2.45) is 5.92 Å². The average molecular weight is 279 g/mol. The fourth-order valence-electron chi connectivity index (χ4n) is 2.09. The number of fused-ring (bicyclic) bond motifs is 1. The summed E-state index contributed by atoms with van der Waals surface area (Å²) in [6.07, 6.45) is 0. The zero-order valence-electron chi connectivity index (χ0n) is 12.2.